The highest BCUT2D eigenvalue weighted by Gasteiger charge is 2.12. The van der Waals surface area contributed by atoms with Crippen molar-refractivity contribution < 1.29 is 14.0 Å². The summed E-state index contributed by atoms with van der Waals surface area (Å²) in [5, 5.41) is 4.64. The SMILES string of the molecule is C=CCNC(=O)C(=O)NCc1ccccc1F. The Balaban J connectivity index is 2.46. The van der Waals surface area contributed by atoms with Gasteiger partial charge in [-0.05, 0) is 6.07 Å². The summed E-state index contributed by atoms with van der Waals surface area (Å²) in [6.07, 6.45) is 1.46. The normalized spacial score (nSPS) is 9.47. The minimum absolute atomic E-state index is 0.0208. The Hall–Kier alpha value is -2.17. The Morgan fingerprint density at radius 3 is 2.53 bits per heavy atom. The Bertz CT molecular complexity index is 432. The number of nitrogens with one attached hydrogen (secondary N) is 2. The fraction of sp³-hybridized carbons (Fsp3) is 0.167. The highest BCUT2D eigenvalue weighted by atomic mass is 19.1. The van der Waals surface area contributed by atoms with E-state index in [1.54, 1.807) is 12.1 Å². The van der Waals surface area contributed by atoms with Crippen LogP contribution in [0.25, 0.3) is 0 Å². The molecule has 4 nitrogen and oxygen atoms in total. The van der Waals surface area contributed by atoms with Crippen LogP contribution < -0.4 is 10.6 Å². The molecule has 0 spiro atoms. The number of rotatable bonds is 4. The van der Waals surface area contributed by atoms with Crippen LogP contribution >= 0.6 is 0 Å². The number of carbonyl (C=O) groups excluding carboxylic acids is 2. The first-order valence-corrected chi connectivity index (χ1v) is 5.05. The van der Waals surface area contributed by atoms with Gasteiger partial charge in [-0.3, -0.25) is 9.59 Å². The van der Waals surface area contributed by atoms with Crippen LogP contribution in [-0.2, 0) is 16.1 Å². The van der Waals surface area contributed by atoms with Crippen molar-refractivity contribution in [2.75, 3.05) is 6.54 Å². The predicted molar refractivity (Wildman–Crippen MR) is 61.5 cm³/mol. The number of hydrogen-bond acceptors (Lipinski definition) is 2. The minimum atomic E-state index is -0.796. The molecule has 1 rings (SSSR count). The number of benzene rings is 1. The van der Waals surface area contributed by atoms with Crippen molar-refractivity contribution in [2.24, 2.45) is 0 Å². The molecule has 0 unspecified atom stereocenters. The monoisotopic (exact) mass is 236 g/mol. The lowest BCUT2D eigenvalue weighted by molar-refractivity contribution is -0.139. The standard InChI is InChI=1S/C12H13FN2O2/c1-2-7-14-11(16)12(17)15-8-9-5-3-4-6-10(9)13/h2-6H,1,7-8H2,(H,14,16)(H,15,17). The fourth-order valence-corrected chi connectivity index (χ4v) is 1.14. The van der Waals surface area contributed by atoms with Gasteiger partial charge < -0.3 is 10.6 Å². The smallest absolute Gasteiger partial charge is 0.309 e. The summed E-state index contributed by atoms with van der Waals surface area (Å²) in [7, 11) is 0. The van der Waals surface area contributed by atoms with Crippen molar-refractivity contribution in [3.63, 3.8) is 0 Å². The van der Waals surface area contributed by atoms with Crippen LogP contribution in [0, 0.1) is 5.82 Å². The molecule has 1 aromatic rings. The molecule has 0 atom stereocenters. The summed E-state index contributed by atoms with van der Waals surface area (Å²) < 4.78 is 13.2. The first kappa shape index (κ1) is 12.9. The van der Waals surface area contributed by atoms with Gasteiger partial charge in [0, 0.05) is 18.7 Å². The fourth-order valence-electron chi connectivity index (χ4n) is 1.14. The maximum Gasteiger partial charge on any atom is 0.309 e. The van der Waals surface area contributed by atoms with Gasteiger partial charge in [0.1, 0.15) is 5.82 Å². The van der Waals surface area contributed by atoms with E-state index < -0.39 is 17.6 Å². The van der Waals surface area contributed by atoms with E-state index >= 15 is 0 Å². The zero-order valence-electron chi connectivity index (χ0n) is 9.20. The summed E-state index contributed by atoms with van der Waals surface area (Å²) in [5.41, 5.74) is 0.331. The zero-order valence-corrected chi connectivity index (χ0v) is 9.20. The molecule has 0 aliphatic heterocycles. The summed E-state index contributed by atoms with van der Waals surface area (Å²) in [6, 6.07) is 6.04. The van der Waals surface area contributed by atoms with E-state index in [1.807, 2.05) is 0 Å². The molecule has 0 radical (unpaired) electrons. The summed E-state index contributed by atoms with van der Waals surface area (Å²) >= 11 is 0. The number of halogens is 1. The molecule has 0 fully saturated rings. The van der Waals surface area contributed by atoms with Crippen molar-refractivity contribution in [1.82, 2.24) is 10.6 Å². The van der Waals surface area contributed by atoms with Crippen LogP contribution in [0.1, 0.15) is 5.56 Å². The Morgan fingerprint density at radius 1 is 1.24 bits per heavy atom. The molecule has 2 N–H and O–H groups in total. The van der Waals surface area contributed by atoms with E-state index in [0.29, 0.717) is 5.56 Å². The van der Waals surface area contributed by atoms with Crippen molar-refractivity contribution in [3.05, 3.63) is 48.3 Å². The molecular formula is C12H13FN2O2. The van der Waals surface area contributed by atoms with Gasteiger partial charge in [-0.25, -0.2) is 4.39 Å². The molecule has 0 saturated carbocycles. The van der Waals surface area contributed by atoms with Gasteiger partial charge in [-0.1, -0.05) is 24.3 Å². The first-order chi connectivity index (χ1) is 8.15. The largest absolute Gasteiger partial charge is 0.344 e. The lowest BCUT2D eigenvalue weighted by atomic mass is 10.2. The van der Waals surface area contributed by atoms with Crippen LogP contribution in [0.5, 0.6) is 0 Å². The van der Waals surface area contributed by atoms with Gasteiger partial charge in [0.2, 0.25) is 0 Å². The summed E-state index contributed by atoms with van der Waals surface area (Å²) in [4.78, 5) is 22.4. The molecule has 0 heterocycles. The molecule has 0 bridgehead atoms. The van der Waals surface area contributed by atoms with Crippen LogP contribution in [0.4, 0.5) is 4.39 Å². The second-order valence-corrected chi connectivity index (χ2v) is 3.27. The van der Waals surface area contributed by atoms with E-state index in [1.165, 1.54) is 18.2 Å². The molecule has 1 aromatic carbocycles. The van der Waals surface area contributed by atoms with Gasteiger partial charge in [-0.2, -0.15) is 0 Å². The topological polar surface area (TPSA) is 58.2 Å². The van der Waals surface area contributed by atoms with E-state index in [-0.39, 0.29) is 13.1 Å². The number of carbonyl (C=O) groups is 2. The highest BCUT2D eigenvalue weighted by Crippen LogP contribution is 2.05. The molecule has 2 amide bonds. The Kier molecular flexibility index (Phi) is 4.87. The maximum absolute atomic E-state index is 13.2. The van der Waals surface area contributed by atoms with Crippen molar-refractivity contribution in [1.29, 1.82) is 0 Å². The Labute approximate surface area is 98.5 Å². The van der Waals surface area contributed by atoms with Crippen LogP contribution in [0.3, 0.4) is 0 Å². The average molecular weight is 236 g/mol. The average Bonchev–Trinajstić information content (AvgIpc) is 2.34. The molecule has 90 valence electrons. The highest BCUT2D eigenvalue weighted by molar-refractivity contribution is 6.35. The lowest BCUT2D eigenvalue weighted by Crippen LogP contribution is -2.39. The van der Waals surface area contributed by atoms with E-state index in [0.717, 1.165) is 0 Å². The number of hydrogen-bond donors (Lipinski definition) is 2. The zero-order chi connectivity index (χ0) is 12.7. The van der Waals surface area contributed by atoms with E-state index in [9.17, 15) is 14.0 Å². The molecular weight excluding hydrogens is 223 g/mol. The Morgan fingerprint density at radius 2 is 1.88 bits per heavy atom. The van der Waals surface area contributed by atoms with Gasteiger partial charge >= 0.3 is 11.8 Å². The third-order valence-corrected chi connectivity index (χ3v) is 2.01. The van der Waals surface area contributed by atoms with Crippen molar-refractivity contribution >= 4 is 11.8 Å². The van der Waals surface area contributed by atoms with Gasteiger partial charge in [0.05, 0.1) is 0 Å². The van der Waals surface area contributed by atoms with Crippen LogP contribution in [0.2, 0.25) is 0 Å². The van der Waals surface area contributed by atoms with E-state index in [2.05, 4.69) is 17.2 Å². The summed E-state index contributed by atoms with van der Waals surface area (Å²) in [6.45, 7) is 3.59. The maximum atomic E-state index is 13.2. The molecule has 0 saturated heterocycles. The predicted octanol–water partition coefficient (Wildman–Crippen LogP) is 0.744. The quantitative estimate of drug-likeness (QED) is 0.598. The third kappa shape index (κ3) is 4.06. The molecule has 0 aliphatic carbocycles. The second kappa shape index (κ2) is 6.42. The molecule has 0 aromatic heterocycles. The van der Waals surface area contributed by atoms with Gasteiger partial charge in [0.25, 0.3) is 0 Å². The van der Waals surface area contributed by atoms with Crippen LogP contribution in [-0.4, -0.2) is 18.4 Å². The van der Waals surface area contributed by atoms with E-state index in [4.69, 9.17) is 0 Å². The first-order valence-electron chi connectivity index (χ1n) is 5.05. The van der Waals surface area contributed by atoms with Gasteiger partial charge in [-0.15, -0.1) is 6.58 Å². The van der Waals surface area contributed by atoms with Crippen molar-refractivity contribution in [3.8, 4) is 0 Å². The third-order valence-electron chi connectivity index (χ3n) is 2.01. The van der Waals surface area contributed by atoms with Crippen molar-refractivity contribution in [2.45, 2.75) is 6.54 Å². The molecule has 17 heavy (non-hydrogen) atoms. The lowest BCUT2D eigenvalue weighted by Gasteiger charge is -2.05. The number of amides is 2. The second-order valence-electron chi connectivity index (χ2n) is 3.27. The molecule has 0 aliphatic rings. The van der Waals surface area contributed by atoms with Gasteiger partial charge in [0.15, 0.2) is 0 Å². The minimum Gasteiger partial charge on any atom is -0.344 e. The summed E-state index contributed by atoms with van der Waals surface area (Å²) in [5.74, 6) is -1.98. The molecule has 5 heteroatoms. The van der Waals surface area contributed by atoms with Crippen LogP contribution in [0.15, 0.2) is 36.9 Å².